The van der Waals surface area contributed by atoms with Crippen molar-refractivity contribution < 1.29 is 9.72 Å². The van der Waals surface area contributed by atoms with Gasteiger partial charge in [-0.3, -0.25) is 14.9 Å². The minimum Gasteiger partial charge on any atom is -0.379 e. The Balaban J connectivity index is 2.16. The van der Waals surface area contributed by atoms with Gasteiger partial charge in [-0.05, 0) is 36.8 Å². The summed E-state index contributed by atoms with van der Waals surface area (Å²) >= 11 is 0. The molecular weight excluding hydrogens is 246 g/mol. The third kappa shape index (κ3) is 3.21. The molecule has 3 N–H and O–H groups in total. The molecule has 1 amide bonds. The van der Waals surface area contributed by atoms with Gasteiger partial charge in [0.05, 0.1) is 4.92 Å². The van der Waals surface area contributed by atoms with Crippen molar-refractivity contribution >= 4 is 17.3 Å². The molecule has 1 aliphatic carbocycles. The van der Waals surface area contributed by atoms with Gasteiger partial charge in [0.25, 0.3) is 5.69 Å². The van der Waals surface area contributed by atoms with Crippen molar-refractivity contribution in [1.29, 1.82) is 0 Å². The number of nitro groups is 1. The van der Waals surface area contributed by atoms with E-state index in [2.05, 4.69) is 12.2 Å². The van der Waals surface area contributed by atoms with Gasteiger partial charge in [-0.1, -0.05) is 6.92 Å². The van der Waals surface area contributed by atoms with Gasteiger partial charge in [-0.2, -0.15) is 0 Å². The number of nitro benzene ring substituents is 1. The number of anilines is 1. The molecule has 0 radical (unpaired) electrons. The first kappa shape index (κ1) is 13.3. The van der Waals surface area contributed by atoms with Gasteiger partial charge < -0.3 is 11.1 Å². The summed E-state index contributed by atoms with van der Waals surface area (Å²) in [6, 6.07) is 4.13. The molecule has 0 aromatic heterocycles. The standard InChI is InChI=1S/C13H17N3O3/c1-8(9-2-3-9)7-15-11-6-10(13(14)17)4-5-12(11)16(18)19/h4-6,8-9,15H,2-3,7H2,1H3,(H2,14,17). The highest BCUT2D eigenvalue weighted by atomic mass is 16.6. The molecular formula is C13H17N3O3. The molecule has 0 saturated heterocycles. The highest BCUT2D eigenvalue weighted by Gasteiger charge is 2.28. The zero-order valence-corrected chi connectivity index (χ0v) is 10.8. The van der Waals surface area contributed by atoms with Crippen LogP contribution in [0.3, 0.4) is 0 Å². The highest BCUT2D eigenvalue weighted by molar-refractivity contribution is 5.94. The summed E-state index contributed by atoms with van der Waals surface area (Å²) in [5, 5.41) is 14.0. The van der Waals surface area contributed by atoms with E-state index in [-0.39, 0.29) is 11.3 Å². The quantitative estimate of drug-likeness (QED) is 0.606. The van der Waals surface area contributed by atoms with E-state index in [1.54, 1.807) is 0 Å². The number of carbonyl (C=O) groups excluding carboxylic acids is 1. The smallest absolute Gasteiger partial charge is 0.292 e. The number of primary amides is 1. The molecule has 102 valence electrons. The summed E-state index contributed by atoms with van der Waals surface area (Å²) in [6.07, 6.45) is 2.46. The minimum atomic E-state index is -0.590. The lowest BCUT2D eigenvalue weighted by Gasteiger charge is -2.13. The van der Waals surface area contributed by atoms with E-state index in [0.717, 1.165) is 0 Å². The largest absolute Gasteiger partial charge is 0.379 e. The topological polar surface area (TPSA) is 98.3 Å². The number of nitrogens with one attached hydrogen (secondary N) is 1. The number of nitrogens with zero attached hydrogens (tertiary/aromatic N) is 1. The normalized spacial score (nSPS) is 15.8. The fourth-order valence-corrected chi connectivity index (χ4v) is 2.09. The zero-order chi connectivity index (χ0) is 14.0. The van der Waals surface area contributed by atoms with Crippen molar-refractivity contribution in [2.45, 2.75) is 19.8 Å². The number of nitrogens with two attached hydrogens (primary N) is 1. The SMILES string of the molecule is CC(CNc1cc(C(N)=O)ccc1[N+](=O)[O-])C1CC1. The van der Waals surface area contributed by atoms with Gasteiger partial charge in [-0.15, -0.1) is 0 Å². The molecule has 1 aromatic rings. The van der Waals surface area contributed by atoms with Crippen LogP contribution in [0.2, 0.25) is 0 Å². The average molecular weight is 263 g/mol. The molecule has 19 heavy (non-hydrogen) atoms. The van der Waals surface area contributed by atoms with E-state index in [0.29, 0.717) is 24.1 Å². The molecule has 1 aliphatic rings. The summed E-state index contributed by atoms with van der Waals surface area (Å²) in [5.41, 5.74) is 5.78. The molecule has 1 saturated carbocycles. The Morgan fingerprint density at radius 1 is 1.58 bits per heavy atom. The van der Waals surface area contributed by atoms with Crippen LogP contribution in [0, 0.1) is 22.0 Å². The van der Waals surface area contributed by atoms with Gasteiger partial charge in [-0.25, -0.2) is 0 Å². The van der Waals surface area contributed by atoms with Crippen LogP contribution in [0.5, 0.6) is 0 Å². The second-order valence-corrected chi connectivity index (χ2v) is 5.05. The monoisotopic (exact) mass is 263 g/mol. The minimum absolute atomic E-state index is 0.0343. The Hall–Kier alpha value is -2.11. The first-order valence-electron chi connectivity index (χ1n) is 6.31. The van der Waals surface area contributed by atoms with E-state index < -0.39 is 10.8 Å². The van der Waals surface area contributed by atoms with E-state index in [1.807, 2.05) is 0 Å². The van der Waals surface area contributed by atoms with Crippen molar-refractivity contribution in [2.24, 2.45) is 17.6 Å². The molecule has 1 unspecified atom stereocenters. The molecule has 1 aromatic carbocycles. The van der Waals surface area contributed by atoms with Crippen LogP contribution in [0.25, 0.3) is 0 Å². The van der Waals surface area contributed by atoms with Crippen molar-refractivity contribution in [3.8, 4) is 0 Å². The molecule has 6 heteroatoms. The summed E-state index contributed by atoms with van der Waals surface area (Å²) in [5.74, 6) is 0.593. The van der Waals surface area contributed by atoms with Crippen molar-refractivity contribution in [3.63, 3.8) is 0 Å². The molecule has 1 atom stereocenters. The van der Waals surface area contributed by atoms with Gasteiger partial charge in [0.1, 0.15) is 5.69 Å². The van der Waals surface area contributed by atoms with Crippen LogP contribution in [0.1, 0.15) is 30.1 Å². The fourth-order valence-electron chi connectivity index (χ4n) is 2.09. The summed E-state index contributed by atoms with van der Waals surface area (Å²) in [7, 11) is 0. The maximum absolute atomic E-state index is 11.1. The summed E-state index contributed by atoms with van der Waals surface area (Å²) in [4.78, 5) is 21.6. The van der Waals surface area contributed by atoms with Crippen molar-refractivity contribution in [1.82, 2.24) is 0 Å². The predicted octanol–water partition coefficient (Wildman–Crippen LogP) is 2.15. The average Bonchev–Trinajstić information content (AvgIpc) is 3.19. The molecule has 1 fully saturated rings. The molecule has 0 heterocycles. The zero-order valence-electron chi connectivity index (χ0n) is 10.8. The number of hydrogen-bond acceptors (Lipinski definition) is 4. The Labute approximate surface area is 111 Å². The maximum atomic E-state index is 11.1. The maximum Gasteiger partial charge on any atom is 0.292 e. The third-order valence-electron chi connectivity index (χ3n) is 3.52. The van der Waals surface area contributed by atoms with Gasteiger partial charge in [0.2, 0.25) is 5.91 Å². The fraction of sp³-hybridized carbons (Fsp3) is 0.462. The van der Waals surface area contributed by atoms with Gasteiger partial charge in [0.15, 0.2) is 0 Å². The van der Waals surface area contributed by atoms with Crippen molar-refractivity contribution in [2.75, 3.05) is 11.9 Å². The van der Waals surface area contributed by atoms with Crippen LogP contribution in [-0.2, 0) is 0 Å². The Morgan fingerprint density at radius 3 is 2.79 bits per heavy atom. The van der Waals surface area contributed by atoms with E-state index in [4.69, 9.17) is 5.73 Å². The Bertz CT molecular complexity index is 512. The van der Waals surface area contributed by atoms with Crippen LogP contribution < -0.4 is 11.1 Å². The molecule has 6 nitrogen and oxygen atoms in total. The highest BCUT2D eigenvalue weighted by Crippen LogP contribution is 2.37. The molecule has 0 aliphatic heterocycles. The first-order chi connectivity index (χ1) is 8.99. The number of hydrogen-bond donors (Lipinski definition) is 2. The van der Waals surface area contributed by atoms with Crippen LogP contribution in [0.4, 0.5) is 11.4 Å². The second-order valence-electron chi connectivity index (χ2n) is 5.05. The lowest BCUT2D eigenvalue weighted by Crippen LogP contribution is -2.15. The van der Waals surface area contributed by atoms with Crippen LogP contribution in [-0.4, -0.2) is 17.4 Å². The third-order valence-corrected chi connectivity index (χ3v) is 3.52. The number of amides is 1. The van der Waals surface area contributed by atoms with Crippen LogP contribution in [0.15, 0.2) is 18.2 Å². The number of rotatable bonds is 6. The van der Waals surface area contributed by atoms with E-state index in [1.165, 1.54) is 31.0 Å². The predicted molar refractivity (Wildman–Crippen MR) is 72.0 cm³/mol. The molecule has 0 spiro atoms. The second kappa shape index (κ2) is 5.26. The van der Waals surface area contributed by atoms with Gasteiger partial charge in [0, 0.05) is 18.2 Å². The number of carbonyl (C=O) groups is 1. The Kier molecular flexibility index (Phi) is 3.69. The Morgan fingerprint density at radius 2 is 2.26 bits per heavy atom. The first-order valence-corrected chi connectivity index (χ1v) is 6.31. The van der Waals surface area contributed by atoms with Crippen molar-refractivity contribution in [3.05, 3.63) is 33.9 Å². The van der Waals surface area contributed by atoms with E-state index in [9.17, 15) is 14.9 Å². The lowest BCUT2D eigenvalue weighted by atomic mass is 10.1. The molecule has 2 rings (SSSR count). The number of benzene rings is 1. The lowest BCUT2D eigenvalue weighted by molar-refractivity contribution is -0.384. The van der Waals surface area contributed by atoms with Gasteiger partial charge >= 0.3 is 0 Å². The summed E-state index contributed by atoms with van der Waals surface area (Å²) in [6.45, 7) is 2.78. The summed E-state index contributed by atoms with van der Waals surface area (Å²) < 4.78 is 0. The van der Waals surface area contributed by atoms with E-state index >= 15 is 0 Å². The molecule has 0 bridgehead atoms. The van der Waals surface area contributed by atoms with Crippen LogP contribution >= 0.6 is 0 Å².